The Hall–Kier alpha value is -0.440. The molecule has 1 aliphatic carbocycles. The second-order valence-corrected chi connectivity index (χ2v) is 10.4. The van der Waals surface area contributed by atoms with Crippen LogP contribution in [0.3, 0.4) is 0 Å². The van der Waals surface area contributed by atoms with Crippen molar-refractivity contribution >= 4 is 0 Å². The van der Waals surface area contributed by atoms with Gasteiger partial charge in [0.15, 0.2) is 12.6 Å². The Labute approximate surface area is 212 Å². The SMILES string of the molecule is OCC1O[C@@H](OCCCCCCCC2CCCCC2)[C@@H](O)C(O)[C@@H]1O[C@H]1OC(CO)[C@@H](O)[C@H](O)C1O. The van der Waals surface area contributed by atoms with Crippen molar-refractivity contribution in [2.24, 2.45) is 5.92 Å². The van der Waals surface area contributed by atoms with Crippen molar-refractivity contribution in [2.75, 3.05) is 19.8 Å². The fraction of sp³-hybridized carbons (Fsp3) is 1.00. The summed E-state index contributed by atoms with van der Waals surface area (Å²) in [5, 5.41) is 70.3. The fourth-order valence-corrected chi connectivity index (χ4v) is 5.43. The molecule has 2 saturated heterocycles. The van der Waals surface area contributed by atoms with Crippen LogP contribution < -0.4 is 0 Å². The Bertz CT molecular complexity index is 601. The second kappa shape index (κ2) is 15.2. The first kappa shape index (κ1) is 30.1. The molecule has 1 saturated carbocycles. The van der Waals surface area contributed by atoms with E-state index in [2.05, 4.69) is 0 Å². The summed E-state index contributed by atoms with van der Waals surface area (Å²) in [6.07, 6.45) is -0.730. The highest BCUT2D eigenvalue weighted by Crippen LogP contribution is 2.30. The van der Waals surface area contributed by atoms with Crippen LogP contribution in [0.2, 0.25) is 0 Å². The summed E-state index contributed by atoms with van der Waals surface area (Å²) < 4.78 is 22.1. The third-order valence-corrected chi connectivity index (χ3v) is 7.72. The monoisotopic (exact) mass is 522 g/mol. The highest BCUT2D eigenvalue weighted by atomic mass is 16.7. The van der Waals surface area contributed by atoms with E-state index in [9.17, 15) is 35.7 Å². The topological polar surface area (TPSA) is 179 Å². The lowest BCUT2D eigenvalue weighted by Crippen LogP contribution is -2.64. The molecular formula is C25H46O11. The van der Waals surface area contributed by atoms with E-state index in [0.717, 1.165) is 25.2 Å². The van der Waals surface area contributed by atoms with E-state index >= 15 is 0 Å². The van der Waals surface area contributed by atoms with Gasteiger partial charge in [0, 0.05) is 6.61 Å². The lowest BCUT2D eigenvalue weighted by molar-refractivity contribution is -0.359. The number of rotatable bonds is 13. The summed E-state index contributed by atoms with van der Waals surface area (Å²) in [6.45, 7) is -0.892. The lowest BCUT2D eigenvalue weighted by atomic mass is 9.85. The van der Waals surface area contributed by atoms with Crippen molar-refractivity contribution in [3.05, 3.63) is 0 Å². The van der Waals surface area contributed by atoms with Crippen LogP contribution in [0.25, 0.3) is 0 Å². The molecule has 0 aromatic rings. The number of hydrogen-bond acceptors (Lipinski definition) is 11. The first-order chi connectivity index (χ1) is 17.4. The molecule has 2 heterocycles. The maximum atomic E-state index is 10.6. The second-order valence-electron chi connectivity index (χ2n) is 10.4. The highest BCUT2D eigenvalue weighted by Gasteiger charge is 2.50. The fourth-order valence-electron chi connectivity index (χ4n) is 5.43. The van der Waals surface area contributed by atoms with Gasteiger partial charge in [-0.15, -0.1) is 0 Å². The van der Waals surface area contributed by atoms with E-state index in [1.54, 1.807) is 0 Å². The van der Waals surface area contributed by atoms with Crippen LogP contribution in [0.1, 0.15) is 70.6 Å². The molecule has 2 aliphatic heterocycles. The third kappa shape index (κ3) is 8.03. The number of unbranched alkanes of at least 4 members (excludes halogenated alkanes) is 4. The molecule has 11 nitrogen and oxygen atoms in total. The molecule has 0 bridgehead atoms. The van der Waals surface area contributed by atoms with Crippen molar-refractivity contribution < 1.29 is 54.7 Å². The minimum Gasteiger partial charge on any atom is -0.394 e. The highest BCUT2D eigenvalue weighted by molar-refractivity contribution is 4.94. The number of aliphatic hydroxyl groups excluding tert-OH is 7. The molecule has 3 fully saturated rings. The van der Waals surface area contributed by atoms with E-state index in [-0.39, 0.29) is 0 Å². The van der Waals surface area contributed by atoms with Crippen LogP contribution in [0.5, 0.6) is 0 Å². The molecule has 212 valence electrons. The van der Waals surface area contributed by atoms with Gasteiger partial charge in [-0.1, -0.05) is 64.2 Å². The first-order valence-corrected chi connectivity index (χ1v) is 13.6. The van der Waals surface area contributed by atoms with Crippen molar-refractivity contribution in [2.45, 2.75) is 132 Å². The van der Waals surface area contributed by atoms with Crippen molar-refractivity contribution in [3.63, 3.8) is 0 Å². The zero-order valence-electron chi connectivity index (χ0n) is 21.0. The van der Waals surface area contributed by atoms with E-state index in [1.807, 2.05) is 0 Å². The summed E-state index contributed by atoms with van der Waals surface area (Å²) >= 11 is 0. The molecule has 0 spiro atoms. The summed E-state index contributed by atoms with van der Waals surface area (Å²) in [4.78, 5) is 0. The molecule has 0 aromatic heterocycles. The average Bonchev–Trinajstić information content (AvgIpc) is 2.90. The lowest BCUT2D eigenvalue weighted by Gasteiger charge is -2.45. The Morgan fingerprint density at radius 3 is 1.92 bits per heavy atom. The zero-order chi connectivity index (χ0) is 26.1. The van der Waals surface area contributed by atoms with Crippen LogP contribution in [0, 0.1) is 5.92 Å². The molecule has 0 amide bonds. The van der Waals surface area contributed by atoms with Gasteiger partial charge in [-0.25, -0.2) is 0 Å². The van der Waals surface area contributed by atoms with Gasteiger partial charge in [-0.3, -0.25) is 0 Å². The minimum absolute atomic E-state index is 0.327. The summed E-state index contributed by atoms with van der Waals surface area (Å²) in [7, 11) is 0. The maximum absolute atomic E-state index is 10.6. The molecular weight excluding hydrogens is 476 g/mol. The van der Waals surface area contributed by atoms with Crippen LogP contribution in [0.15, 0.2) is 0 Å². The minimum atomic E-state index is -1.69. The van der Waals surface area contributed by atoms with E-state index in [1.165, 1.54) is 51.4 Å². The van der Waals surface area contributed by atoms with Crippen molar-refractivity contribution in [3.8, 4) is 0 Å². The van der Waals surface area contributed by atoms with Crippen LogP contribution in [0.4, 0.5) is 0 Å². The Balaban J connectivity index is 1.38. The van der Waals surface area contributed by atoms with Crippen LogP contribution in [-0.2, 0) is 18.9 Å². The standard InChI is InChI=1S/C25H46O11/c26-13-16-18(28)19(29)21(31)25(34-16)36-23-17(14-27)35-24(22(32)20(23)30)33-12-8-3-1-2-5-9-15-10-6-4-7-11-15/h15-32H,1-14H2/t16?,17?,18-,19+,20?,21?,22+,23-,24-,25-/m1/s1. The van der Waals surface area contributed by atoms with Gasteiger partial charge in [0.2, 0.25) is 0 Å². The molecule has 3 aliphatic rings. The predicted molar refractivity (Wildman–Crippen MR) is 127 cm³/mol. The molecule has 0 aromatic carbocycles. The summed E-state index contributed by atoms with van der Waals surface area (Å²) in [6, 6.07) is 0. The van der Waals surface area contributed by atoms with Gasteiger partial charge in [0.25, 0.3) is 0 Å². The summed E-state index contributed by atoms with van der Waals surface area (Å²) in [5.74, 6) is 0.909. The molecule has 7 N–H and O–H groups in total. The van der Waals surface area contributed by atoms with Gasteiger partial charge >= 0.3 is 0 Å². The quantitative estimate of drug-likeness (QED) is 0.156. The molecule has 11 heteroatoms. The van der Waals surface area contributed by atoms with Gasteiger partial charge in [-0.2, -0.15) is 0 Å². The molecule has 10 atom stereocenters. The van der Waals surface area contributed by atoms with Gasteiger partial charge in [0.05, 0.1) is 13.2 Å². The Kier molecular flexibility index (Phi) is 12.7. The van der Waals surface area contributed by atoms with Crippen molar-refractivity contribution in [1.29, 1.82) is 0 Å². The van der Waals surface area contributed by atoms with Gasteiger partial charge in [0.1, 0.15) is 48.8 Å². The third-order valence-electron chi connectivity index (χ3n) is 7.72. The van der Waals surface area contributed by atoms with E-state index in [0.29, 0.717) is 6.61 Å². The number of aliphatic hydroxyl groups is 7. The molecule has 4 unspecified atom stereocenters. The number of hydrogen-bond donors (Lipinski definition) is 7. The first-order valence-electron chi connectivity index (χ1n) is 13.6. The van der Waals surface area contributed by atoms with E-state index in [4.69, 9.17) is 18.9 Å². The molecule has 36 heavy (non-hydrogen) atoms. The summed E-state index contributed by atoms with van der Waals surface area (Å²) in [5.41, 5.74) is 0. The predicted octanol–water partition coefficient (Wildman–Crippen LogP) is -0.452. The van der Waals surface area contributed by atoms with E-state index < -0.39 is 74.6 Å². The number of ether oxygens (including phenoxy) is 4. The Morgan fingerprint density at radius 2 is 1.22 bits per heavy atom. The Morgan fingerprint density at radius 1 is 0.611 bits per heavy atom. The maximum Gasteiger partial charge on any atom is 0.187 e. The molecule has 0 radical (unpaired) electrons. The van der Waals surface area contributed by atoms with Crippen LogP contribution >= 0.6 is 0 Å². The smallest absolute Gasteiger partial charge is 0.187 e. The zero-order valence-corrected chi connectivity index (χ0v) is 21.0. The van der Waals surface area contributed by atoms with Gasteiger partial charge < -0.3 is 54.7 Å². The molecule has 3 rings (SSSR count). The normalized spacial score (nSPS) is 40.4. The largest absolute Gasteiger partial charge is 0.394 e. The van der Waals surface area contributed by atoms with Crippen molar-refractivity contribution in [1.82, 2.24) is 0 Å². The van der Waals surface area contributed by atoms with Gasteiger partial charge in [-0.05, 0) is 12.3 Å². The average molecular weight is 523 g/mol. The van der Waals surface area contributed by atoms with Crippen LogP contribution in [-0.4, -0.2) is 117 Å².